The summed E-state index contributed by atoms with van der Waals surface area (Å²) in [6.45, 7) is 9.87. The van der Waals surface area contributed by atoms with Gasteiger partial charge in [-0.3, -0.25) is 0 Å². The van der Waals surface area contributed by atoms with E-state index in [1.165, 1.54) is 20.8 Å². The van der Waals surface area contributed by atoms with Gasteiger partial charge < -0.3 is 5.32 Å². The fourth-order valence-electron chi connectivity index (χ4n) is 2.27. The summed E-state index contributed by atoms with van der Waals surface area (Å²) in [5.74, 6) is 4.91. The molecule has 0 spiro atoms. The van der Waals surface area contributed by atoms with Crippen molar-refractivity contribution in [1.29, 1.82) is 0 Å². The van der Waals surface area contributed by atoms with Gasteiger partial charge >= 0.3 is 0 Å². The molecule has 1 saturated heterocycles. The van der Waals surface area contributed by atoms with Crippen molar-refractivity contribution in [2.24, 2.45) is 0 Å². The zero-order chi connectivity index (χ0) is 15.4. The van der Waals surface area contributed by atoms with Gasteiger partial charge in [-0.25, -0.2) is 9.97 Å². The third-order valence-electron chi connectivity index (χ3n) is 3.43. The summed E-state index contributed by atoms with van der Waals surface area (Å²) in [7, 11) is 0. The van der Waals surface area contributed by atoms with Gasteiger partial charge in [-0.05, 0) is 34.9 Å². The molecule has 118 valence electrons. The normalized spacial score (nSPS) is 22.6. The van der Waals surface area contributed by atoms with E-state index in [9.17, 15) is 0 Å². The molecule has 1 fully saturated rings. The Morgan fingerprint density at radius 2 is 2.00 bits per heavy atom. The predicted molar refractivity (Wildman–Crippen MR) is 105 cm³/mol. The first-order valence-electron chi connectivity index (χ1n) is 7.59. The molecule has 1 aromatic rings. The van der Waals surface area contributed by atoms with Crippen molar-refractivity contribution in [3.63, 3.8) is 0 Å². The van der Waals surface area contributed by atoms with Crippen molar-refractivity contribution in [1.82, 2.24) is 9.97 Å². The van der Waals surface area contributed by atoms with Gasteiger partial charge in [0, 0.05) is 23.3 Å². The standard InChI is InChI=1S/C15H24IN3S2/c1-5-6-17-14-11(16)12(9(2)3)18-15(19-14)13-10(4)20-7-8-21-13/h9-10,13H,5-8H2,1-4H3,(H,17,18,19). The maximum atomic E-state index is 4.92. The number of hydrogen-bond acceptors (Lipinski definition) is 5. The van der Waals surface area contributed by atoms with Gasteiger partial charge in [-0.15, -0.1) is 11.8 Å². The van der Waals surface area contributed by atoms with Crippen LogP contribution in [0.15, 0.2) is 0 Å². The van der Waals surface area contributed by atoms with E-state index < -0.39 is 0 Å². The fourth-order valence-corrected chi connectivity index (χ4v) is 6.01. The second kappa shape index (κ2) is 8.24. The van der Waals surface area contributed by atoms with E-state index in [4.69, 9.17) is 9.97 Å². The van der Waals surface area contributed by atoms with Crippen molar-refractivity contribution < 1.29 is 0 Å². The second-order valence-electron chi connectivity index (χ2n) is 5.58. The number of halogens is 1. The number of nitrogens with one attached hydrogen (secondary N) is 1. The molecule has 1 aliphatic heterocycles. The Labute approximate surface area is 150 Å². The molecule has 1 aliphatic rings. The number of anilines is 1. The lowest BCUT2D eigenvalue weighted by Gasteiger charge is -2.27. The Balaban J connectivity index is 2.37. The Kier molecular flexibility index (Phi) is 6.93. The van der Waals surface area contributed by atoms with Crippen molar-refractivity contribution in [2.45, 2.75) is 50.5 Å². The number of nitrogens with zero attached hydrogens (tertiary/aromatic N) is 2. The van der Waals surface area contributed by atoms with E-state index in [1.807, 2.05) is 23.5 Å². The Hall–Kier alpha value is 0.310. The Morgan fingerprint density at radius 1 is 1.29 bits per heavy atom. The molecule has 0 saturated carbocycles. The lowest BCUT2D eigenvalue weighted by atomic mass is 10.1. The molecule has 2 unspecified atom stereocenters. The fraction of sp³-hybridized carbons (Fsp3) is 0.733. The molecular weight excluding hydrogens is 413 g/mol. The molecule has 21 heavy (non-hydrogen) atoms. The van der Waals surface area contributed by atoms with Gasteiger partial charge in [-0.1, -0.05) is 27.7 Å². The van der Waals surface area contributed by atoms with Crippen LogP contribution in [0.5, 0.6) is 0 Å². The van der Waals surface area contributed by atoms with Crippen LogP contribution in [-0.4, -0.2) is 33.3 Å². The molecule has 2 atom stereocenters. The molecule has 2 rings (SSSR count). The summed E-state index contributed by atoms with van der Waals surface area (Å²) in [4.78, 5) is 9.78. The van der Waals surface area contributed by atoms with Crippen LogP contribution in [0.1, 0.15) is 56.8 Å². The second-order valence-corrected chi connectivity index (χ2v) is 9.39. The maximum absolute atomic E-state index is 4.92. The van der Waals surface area contributed by atoms with E-state index >= 15 is 0 Å². The van der Waals surface area contributed by atoms with Gasteiger partial charge in [0.25, 0.3) is 0 Å². The minimum Gasteiger partial charge on any atom is -0.369 e. The molecule has 0 bridgehead atoms. The Bertz CT molecular complexity index is 482. The molecular formula is C15H24IN3S2. The van der Waals surface area contributed by atoms with Crippen molar-refractivity contribution >= 4 is 51.9 Å². The van der Waals surface area contributed by atoms with Crippen molar-refractivity contribution in [3.05, 3.63) is 15.1 Å². The molecule has 0 amide bonds. The smallest absolute Gasteiger partial charge is 0.145 e. The minimum atomic E-state index is 0.417. The molecule has 0 aromatic carbocycles. The monoisotopic (exact) mass is 437 g/mol. The van der Waals surface area contributed by atoms with Crippen LogP contribution in [0, 0.1) is 3.57 Å². The van der Waals surface area contributed by atoms with E-state index in [-0.39, 0.29) is 0 Å². The first-order chi connectivity index (χ1) is 10.0. The van der Waals surface area contributed by atoms with Crippen LogP contribution in [0.3, 0.4) is 0 Å². The highest BCUT2D eigenvalue weighted by Gasteiger charge is 2.28. The van der Waals surface area contributed by atoms with Crippen LogP contribution >= 0.6 is 46.1 Å². The molecule has 3 nitrogen and oxygen atoms in total. The first kappa shape index (κ1) is 17.7. The topological polar surface area (TPSA) is 37.8 Å². The zero-order valence-electron chi connectivity index (χ0n) is 13.1. The van der Waals surface area contributed by atoms with Crippen LogP contribution in [0.4, 0.5) is 5.82 Å². The summed E-state index contributed by atoms with van der Waals surface area (Å²) in [5.41, 5.74) is 1.18. The quantitative estimate of drug-likeness (QED) is 0.661. The summed E-state index contributed by atoms with van der Waals surface area (Å²) in [6, 6.07) is 0. The SMILES string of the molecule is CCCNc1nc(C2SCCSC2C)nc(C(C)C)c1I. The summed E-state index contributed by atoms with van der Waals surface area (Å²) in [6.07, 6.45) is 1.11. The van der Waals surface area contributed by atoms with Crippen LogP contribution < -0.4 is 5.32 Å². The van der Waals surface area contributed by atoms with E-state index in [2.05, 4.69) is 55.6 Å². The van der Waals surface area contributed by atoms with Crippen LogP contribution in [0.2, 0.25) is 0 Å². The highest BCUT2D eigenvalue weighted by Crippen LogP contribution is 2.42. The van der Waals surface area contributed by atoms with Crippen LogP contribution in [0.25, 0.3) is 0 Å². The average Bonchev–Trinajstić information content (AvgIpc) is 2.46. The molecule has 2 heterocycles. The van der Waals surface area contributed by atoms with Gasteiger partial charge in [0.15, 0.2) is 0 Å². The molecule has 0 radical (unpaired) electrons. The molecule has 1 N–H and O–H groups in total. The Morgan fingerprint density at radius 3 is 2.62 bits per heavy atom. The lowest BCUT2D eigenvalue weighted by Crippen LogP contribution is -2.20. The van der Waals surface area contributed by atoms with E-state index in [0.717, 1.165) is 24.6 Å². The van der Waals surface area contributed by atoms with E-state index in [0.29, 0.717) is 16.4 Å². The maximum Gasteiger partial charge on any atom is 0.145 e. The highest BCUT2D eigenvalue weighted by atomic mass is 127. The third kappa shape index (κ3) is 4.41. The molecule has 0 aliphatic carbocycles. The molecule has 1 aromatic heterocycles. The van der Waals surface area contributed by atoms with Gasteiger partial charge in [0.05, 0.1) is 14.5 Å². The largest absolute Gasteiger partial charge is 0.369 e. The number of aromatic nitrogens is 2. The average molecular weight is 437 g/mol. The number of rotatable bonds is 5. The third-order valence-corrected chi connectivity index (χ3v) is 7.58. The number of thioether (sulfide) groups is 2. The van der Waals surface area contributed by atoms with Crippen molar-refractivity contribution in [3.8, 4) is 0 Å². The summed E-state index contributed by atoms with van der Waals surface area (Å²) < 4.78 is 1.18. The predicted octanol–water partition coefficient (Wildman–Crippen LogP) is 4.94. The zero-order valence-corrected chi connectivity index (χ0v) is 16.9. The van der Waals surface area contributed by atoms with Crippen molar-refractivity contribution in [2.75, 3.05) is 23.4 Å². The van der Waals surface area contributed by atoms with Gasteiger partial charge in [0.1, 0.15) is 11.6 Å². The molecule has 6 heteroatoms. The summed E-state index contributed by atoms with van der Waals surface area (Å²) in [5, 5.41) is 4.48. The lowest BCUT2D eigenvalue weighted by molar-refractivity contribution is 0.752. The van der Waals surface area contributed by atoms with Gasteiger partial charge in [0.2, 0.25) is 0 Å². The summed E-state index contributed by atoms with van der Waals surface area (Å²) >= 11 is 6.44. The van der Waals surface area contributed by atoms with E-state index in [1.54, 1.807) is 0 Å². The first-order valence-corrected chi connectivity index (χ1v) is 10.8. The van der Waals surface area contributed by atoms with Gasteiger partial charge in [-0.2, -0.15) is 11.8 Å². The van der Waals surface area contributed by atoms with Crippen LogP contribution in [-0.2, 0) is 0 Å². The number of hydrogen-bond donors (Lipinski definition) is 1. The highest BCUT2D eigenvalue weighted by molar-refractivity contribution is 14.1. The minimum absolute atomic E-state index is 0.417.